The highest BCUT2D eigenvalue weighted by Gasteiger charge is 2.64. The molecule has 0 aliphatic carbocycles. The van der Waals surface area contributed by atoms with Crippen LogP contribution in [-0.4, -0.2) is 41.2 Å². The second-order valence-electron chi connectivity index (χ2n) is 3.34. The van der Waals surface area contributed by atoms with Crippen LogP contribution in [-0.2, 0) is 0 Å². The maximum atomic E-state index is 13.0. The molecule has 17 heavy (non-hydrogen) atoms. The number of rotatable bonds is 3. The number of hydrogen-bond donors (Lipinski definition) is 0. The van der Waals surface area contributed by atoms with Gasteiger partial charge in [0.05, 0.1) is 0 Å². The van der Waals surface area contributed by atoms with E-state index in [1.165, 1.54) is 6.07 Å². The lowest BCUT2D eigenvalue weighted by molar-refractivity contribution is -0.330. The molecule has 1 aliphatic heterocycles. The van der Waals surface area contributed by atoms with Gasteiger partial charge in [0.15, 0.2) is 0 Å². The van der Waals surface area contributed by atoms with Crippen LogP contribution in [0.3, 0.4) is 0 Å². The van der Waals surface area contributed by atoms with Crippen molar-refractivity contribution in [3.05, 3.63) is 0 Å². The van der Waals surface area contributed by atoms with Gasteiger partial charge in [0.1, 0.15) is 12.4 Å². The Morgan fingerprint density at radius 1 is 1.35 bits per heavy atom. The zero-order valence-corrected chi connectivity index (χ0v) is 8.75. The monoisotopic (exact) mass is 256 g/mol. The molecule has 0 N–H and O–H groups in total. The molecule has 1 aliphatic rings. The molecule has 0 amide bonds. The Kier molecular flexibility index (Phi) is 3.45. The Morgan fingerprint density at radius 2 is 1.94 bits per heavy atom. The lowest BCUT2D eigenvalue weighted by Crippen LogP contribution is -2.56. The Morgan fingerprint density at radius 3 is 2.35 bits per heavy atom. The summed E-state index contributed by atoms with van der Waals surface area (Å²) in [6.45, 7) is 1.81. The molecular weight excluding hydrogens is 247 g/mol. The van der Waals surface area contributed by atoms with Gasteiger partial charge in [-0.05, 0) is 6.42 Å². The summed E-state index contributed by atoms with van der Waals surface area (Å²) in [6.07, 6.45) is -6.68. The molecule has 0 aromatic rings. The first-order chi connectivity index (χ1) is 7.75. The third-order valence-electron chi connectivity index (χ3n) is 2.10. The van der Waals surface area contributed by atoms with Crippen LogP contribution in [0.25, 0.3) is 0 Å². The topological polar surface area (TPSA) is 42.6 Å². The third-order valence-corrected chi connectivity index (χ3v) is 2.10. The Hall–Kier alpha value is -1.59. The van der Waals surface area contributed by atoms with Gasteiger partial charge in [-0.1, -0.05) is 6.92 Å². The summed E-state index contributed by atoms with van der Waals surface area (Å²) in [4.78, 5) is -0.386. The molecule has 0 spiro atoms. The largest absolute Gasteiger partial charge is 0.475 e. The highest BCUT2D eigenvalue weighted by molar-refractivity contribution is 5.59. The second-order valence-corrected chi connectivity index (χ2v) is 3.34. The normalized spacial score (nSPS) is 20.9. The van der Waals surface area contributed by atoms with E-state index in [-0.39, 0.29) is 11.4 Å². The van der Waals surface area contributed by atoms with Crippen molar-refractivity contribution in [2.75, 3.05) is 6.54 Å². The van der Waals surface area contributed by atoms with E-state index in [2.05, 4.69) is 5.10 Å². The van der Waals surface area contributed by atoms with Crippen LogP contribution < -0.4 is 0 Å². The number of hydrazone groups is 1. The summed E-state index contributed by atoms with van der Waals surface area (Å²) < 4.78 is 62.4. The van der Waals surface area contributed by atoms with Crippen molar-refractivity contribution < 1.29 is 22.0 Å². The van der Waals surface area contributed by atoms with Crippen molar-refractivity contribution in [3.8, 4) is 6.07 Å². The number of halogens is 5. The van der Waals surface area contributed by atoms with Gasteiger partial charge in [-0.3, -0.25) is 9.91 Å². The molecule has 1 atom stereocenters. The minimum absolute atomic E-state index is 0.124. The average molecular weight is 256 g/mol. The van der Waals surface area contributed by atoms with Gasteiger partial charge in [0.2, 0.25) is 6.17 Å². The minimum Gasteiger partial charge on any atom is -0.259 e. The van der Waals surface area contributed by atoms with Crippen molar-refractivity contribution in [2.45, 2.75) is 31.7 Å². The van der Waals surface area contributed by atoms with Gasteiger partial charge < -0.3 is 0 Å². The van der Waals surface area contributed by atoms with Gasteiger partial charge in [0, 0.05) is 6.54 Å². The summed E-state index contributed by atoms with van der Waals surface area (Å²) in [5.41, 5.74) is 0. The lowest BCUT2D eigenvalue weighted by atomic mass is 10.3. The zero-order chi connectivity index (χ0) is 13.3. The first kappa shape index (κ1) is 13.5. The molecule has 4 nitrogen and oxygen atoms in total. The van der Waals surface area contributed by atoms with Crippen LogP contribution >= 0.6 is 0 Å². The van der Waals surface area contributed by atoms with Crippen LogP contribution in [0.15, 0.2) is 5.10 Å². The first-order valence-electron chi connectivity index (χ1n) is 4.69. The van der Waals surface area contributed by atoms with E-state index in [4.69, 9.17) is 5.26 Å². The Balaban J connectivity index is 2.95. The van der Waals surface area contributed by atoms with Crippen molar-refractivity contribution in [1.29, 1.82) is 5.26 Å². The number of nitrogens with zero attached hydrogens (tertiary/aromatic N) is 4. The first-order valence-corrected chi connectivity index (χ1v) is 4.69. The number of alkyl halides is 5. The van der Waals surface area contributed by atoms with E-state index in [0.29, 0.717) is 12.8 Å². The summed E-state index contributed by atoms with van der Waals surface area (Å²) in [7, 11) is 0. The second kappa shape index (κ2) is 4.35. The van der Waals surface area contributed by atoms with E-state index >= 15 is 0 Å². The van der Waals surface area contributed by atoms with E-state index < -0.39 is 18.4 Å². The van der Waals surface area contributed by atoms with E-state index in [1.807, 2.05) is 0 Å². The fraction of sp³-hybridized carbons (Fsp3) is 0.750. The summed E-state index contributed by atoms with van der Waals surface area (Å²) in [5.74, 6) is 0. The SMILES string of the molecule is CCCN1N=CN(C(F)(F)C(F)(F)F)C1C#N. The molecule has 0 aromatic carbocycles. The summed E-state index contributed by atoms with van der Waals surface area (Å²) in [5, 5.41) is 12.9. The molecular formula is C8H9F5N4. The molecule has 0 saturated carbocycles. The van der Waals surface area contributed by atoms with Gasteiger partial charge in [-0.2, -0.15) is 32.3 Å². The van der Waals surface area contributed by atoms with Crippen LogP contribution in [0.5, 0.6) is 0 Å². The predicted octanol–water partition coefficient (Wildman–Crippen LogP) is 1.96. The van der Waals surface area contributed by atoms with Gasteiger partial charge >= 0.3 is 12.2 Å². The minimum atomic E-state index is -5.75. The highest BCUT2D eigenvalue weighted by atomic mass is 19.4. The molecule has 0 fully saturated rings. The standard InChI is InChI=1S/C8H9F5N4/c1-2-3-17-6(4-14)16(5-15-17)8(12,13)7(9,10)11/h5-6H,2-3H2,1H3. The summed E-state index contributed by atoms with van der Waals surface area (Å²) in [6, 6.07) is -3.74. The molecule has 96 valence electrons. The molecule has 9 heteroatoms. The maximum absolute atomic E-state index is 13.0. The molecule has 0 aromatic heterocycles. The fourth-order valence-electron chi connectivity index (χ4n) is 1.30. The quantitative estimate of drug-likeness (QED) is 0.572. The van der Waals surface area contributed by atoms with Crippen molar-refractivity contribution >= 4 is 6.34 Å². The van der Waals surface area contributed by atoms with E-state index in [1.54, 1.807) is 6.92 Å². The Bertz CT molecular complexity index is 345. The molecule has 1 unspecified atom stereocenters. The van der Waals surface area contributed by atoms with E-state index in [0.717, 1.165) is 5.01 Å². The van der Waals surface area contributed by atoms with Gasteiger partial charge in [-0.15, -0.1) is 0 Å². The fourth-order valence-corrected chi connectivity index (χ4v) is 1.30. The van der Waals surface area contributed by atoms with Crippen molar-refractivity contribution in [2.24, 2.45) is 5.10 Å². The number of nitriles is 1. The van der Waals surface area contributed by atoms with Gasteiger partial charge in [-0.25, -0.2) is 0 Å². The molecule has 0 bridgehead atoms. The summed E-state index contributed by atoms with van der Waals surface area (Å²) >= 11 is 0. The molecule has 0 radical (unpaired) electrons. The van der Waals surface area contributed by atoms with Crippen molar-refractivity contribution in [3.63, 3.8) is 0 Å². The van der Waals surface area contributed by atoms with Crippen LogP contribution in [0.2, 0.25) is 0 Å². The van der Waals surface area contributed by atoms with Crippen LogP contribution in [0.4, 0.5) is 22.0 Å². The van der Waals surface area contributed by atoms with E-state index in [9.17, 15) is 22.0 Å². The number of hydrogen-bond acceptors (Lipinski definition) is 4. The van der Waals surface area contributed by atoms with Gasteiger partial charge in [0.25, 0.3) is 0 Å². The Labute approximate surface area is 93.9 Å². The molecule has 1 heterocycles. The highest BCUT2D eigenvalue weighted by Crippen LogP contribution is 2.40. The average Bonchev–Trinajstić information content (AvgIpc) is 2.60. The van der Waals surface area contributed by atoms with Crippen molar-refractivity contribution in [1.82, 2.24) is 9.91 Å². The predicted molar refractivity (Wildman–Crippen MR) is 47.7 cm³/mol. The lowest BCUT2D eigenvalue weighted by Gasteiger charge is -2.32. The molecule has 0 saturated heterocycles. The maximum Gasteiger partial charge on any atom is 0.475 e. The molecule has 1 rings (SSSR count). The van der Waals surface area contributed by atoms with Crippen LogP contribution in [0, 0.1) is 11.3 Å². The third kappa shape index (κ3) is 2.25. The van der Waals surface area contributed by atoms with Crippen LogP contribution in [0.1, 0.15) is 13.3 Å². The smallest absolute Gasteiger partial charge is 0.259 e. The zero-order valence-electron chi connectivity index (χ0n) is 8.75.